The quantitative estimate of drug-likeness (QED) is 0.0700. The Hall–Kier alpha value is -4.04. The van der Waals surface area contributed by atoms with Crippen molar-refractivity contribution in [2.24, 2.45) is 29.1 Å². The molecule has 3 aliphatic rings. The molecule has 332 valence electrons. The third-order valence-electron chi connectivity index (χ3n) is 12.3. The molecule has 0 saturated carbocycles. The van der Waals surface area contributed by atoms with Crippen molar-refractivity contribution in [2.45, 2.75) is 163 Å². The van der Waals surface area contributed by atoms with Crippen LogP contribution in [0.3, 0.4) is 0 Å². The van der Waals surface area contributed by atoms with Crippen LogP contribution >= 0.6 is 0 Å². The van der Waals surface area contributed by atoms with E-state index in [2.05, 4.69) is 117 Å². The summed E-state index contributed by atoms with van der Waals surface area (Å²) in [5, 5.41) is 13.7. The number of ketones is 1. The molecule has 1 aliphatic heterocycles. The zero-order chi connectivity index (χ0) is 43.8. The number of piperidine rings is 1. The van der Waals surface area contributed by atoms with E-state index in [0.717, 1.165) is 44.9 Å². The molecule has 2 aliphatic carbocycles. The van der Waals surface area contributed by atoms with E-state index in [9.17, 15) is 24.3 Å². The Morgan fingerprint density at radius 3 is 1.97 bits per heavy atom. The zero-order valence-electron chi connectivity index (χ0n) is 37.9. The van der Waals surface area contributed by atoms with Gasteiger partial charge in [0.15, 0.2) is 0 Å². The first kappa shape index (κ1) is 50.3. The van der Waals surface area contributed by atoms with Crippen molar-refractivity contribution in [3.8, 4) is 0 Å². The lowest BCUT2D eigenvalue weighted by Gasteiger charge is -2.43. The smallest absolute Gasteiger partial charge is 0.311 e. The van der Waals surface area contributed by atoms with Crippen LogP contribution in [-0.2, 0) is 23.9 Å². The first-order valence-corrected chi connectivity index (χ1v) is 23.1. The van der Waals surface area contributed by atoms with Gasteiger partial charge < -0.3 is 20.1 Å². The van der Waals surface area contributed by atoms with E-state index in [1.165, 1.54) is 5.57 Å². The van der Waals surface area contributed by atoms with Crippen LogP contribution in [0.25, 0.3) is 0 Å². The minimum absolute atomic E-state index is 0.0330. The van der Waals surface area contributed by atoms with Crippen LogP contribution in [0.4, 0.5) is 0 Å². The van der Waals surface area contributed by atoms with Gasteiger partial charge in [-0.25, -0.2) is 0 Å². The standard InChI is InChI=1S/C52H78N2O6/c1-7-9-10-11-12-13-14-15-16-17-18-19-20-21-22-23-24-25-26-27-49(58)54-34-32-43(33-35-54)53-48(57)39-45(56)38-44(55)30-31-46-41(4)28-29-42-36-40(3)37-47(50(42)46)60-51(59)52(5,6)8-2/h9-10,12-13,15-16,18-19,21-22,24-25,28-29,36,40-41,43,45-47,50,56H,7-8,11,14,17,20,23,26-27,30-35,37-39H2,1-6H3,(H,53,57)/b10-9-,13-12-,16-15-,19-18-,22-21-,25-24-/t40-,41-,45+,46-,47?,50?/m0/s1. The summed E-state index contributed by atoms with van der Waals surface area (Å²) in [6.45, 7) is 13.5. The topological polar surface area (TPSA) is 113 Å². The van der Waals surface area contributed by atoms with Crippen LogP contribution in [0.1, 0.15) is 144 Å². The number of Topliss-reactive ketones (excluding diaryl/α,β-unsaturated/α-hetero) is 1. The van der Waals surface area contributed by atoms with E-state index in [0.29, 0.717) is 64.0 Å². The second kappa shape index (κ2) is 27.7. The second-order valence-electron chi connectivity index (χ2n) is 17.8. The predicted molar refractivity (Wildman–Crippen MR) is 246 cm³/mol. The number of nitrogens with one attached hydrogen (secondary N) is 1. The Balaban J connectivity index is 1.28. The lowest BCUT2D eigenvalue weighted by molar-refractivity contribution is -0.164. The Kier molecular flexibility index (Phi) is 23.3. The second-order valence-corrected chi connectivity index (χ2v) is 17.8. The van der Waals surface area contributed by atoms with E-state index in [-0.39, 0.29) is 66.3 Å². The molecule has 0 radical (unpaired) electrons. The van der Waals surface area contributed by atoms with Crippen molar-refractivity contribution < 1.29 is 29.0 Å². The molecule has 2 amide bonds. The highest BCUT2D eigenvalue weighted by Crippen LogP contribution is 2.45. The molecule has 3 rings (SSSR count). The number of hydrogen-bond acceptors (Lipinski definition) is 6. The van der Waals surface area contributed by atoms with Gasteiger partial charge in [0.05, 0.1) is 17.9 Å². The van der Waals surface area contributed by atoms with Gasteiger partial charge in [-0.2, -0.15) is 0 Å². The van der Waals surface area contributed by atoms with E-state index >= 15 is 0 Å². The molecule has 2 N–H and O–H groups in total. The summed E-state index contributed by atoms with van der Waals surface area (Å²) in [7, 11) is 0. The number of ether oxygens (including phenoxy) is 1. The van der Waals surface area contributed by atoms with Crippen molar-refractivity contribution in [3.63, 3.8) is 0 Å². The molecule has 2 unspecified atom stereocenters. The number of likely N-dealkylation sites (tertiary alicyclic amines) is 1. The van der Waals surface area contributed by atoms with Crippen molar-refractivity contribution >= 4 is 23.6 Å². The molecule has 0 aromatic heterocycles. The maximum absolute atomic E-state index is 13.1. The third-order valence-corrected chi connectivity index (χ3v) is 12.3. The highest BCUT2D eigenvalue weighted by molar-refractivity contribution is 5.81. The molecule has 8 heteroatoms. The Labute approximate surface area is 363 Å². The van der Waals surface area contributed by atoms with Crippen LogP contribution in [0, 0.1) is 29.1 Å². The number of aliphatic hydroxyl groups is 1. The Morgan fingerprint density at radius 1 is 0.833 bits per heavy atom. The number of rotatable bonds is 25. The van der Waals surface area contributed by atoms with Gasteiger partial charge in [0.1, 0.15) is 11.9 Å². The molecule has 6 atom stereocenters. The van der Waals surface area contributed by atoms with Crippen molar-refractivity contribution in [1.82, 2.24) is 10.2 Å². The number of hydrogen-bond donors (Lipinski definition) is 2. The minimum Gasteiger partial charge on any atom is -0.461 e. The summed E-state index contributed by atoms with van der Waals surface area (Å²) in [5.74, 6) is 0.301. The number of nitrogens with zero attached hydrogens (tertiary/aromatic N) is 1. The molecule has 60 heavy (non-hydrogen) atoms. The van der Waals surface area contributed by atoms with Gasteiger partial charge in [-0.15, -0.1) is 0 Å². The molecule has 8 nitrogen and oxygen atoms in total. The molecule has 0 spiro atoms. The molecule has 0 bridgehead atoms. The summed E-state index contributed by atoms with van der Waals surface area (Å²) >= 11 is 0. The Bertz CT molecular complexity index is 1590. The molecule has 1 saturated heterocycles. The van der Waals surface area contributed by atoms with Gasteiger partial charge in [-0.3, -0.25) is 19.2 Å². The van der Waals surface area contributed by atoms with Crippen molar-refractivity contribution in [1.29, 1.82) is 0 Å². The summed E-state index contributed by atoms with van der Waals surface area (Å²) in [6.07, 6.45) is 41.9. The molecule has 0 aromatic carbocycles. The third kappa shape index (κ3) is 18.7. The van der Waals surface area contributed by atoms with Crippen LogP contribution in [-0.4, -0.2) is 64.9 Å². The molecular formula is C52H78N2O6. The normalized spacial score (nSPS) is 23.4. The van der Waals surface area contributed by atoms with Crippen LogP contribution < -0.4 is 5.32 Å². The van der Waals surface area contributed by atoms with Gasteiger partial charge in [0.2, 0.25) is 11.8 Å². The van der Waals surface area contributed by atoms with E-state index in [4.69, 9.17) is 4.74 Å². The number of aliphatic hydroxyl groups excluding tert-OH is 1. The Morgan fingerprint density at radius 2 is 1.40 bits per heavy atom. The number of esters is 1. The zero-order valence-corrected chi connectivity index (χ0v) is 37.9. The molecule has 1 fully saturated rings. The fourth-order valence-electron chi connectivity index (χ4n) is 8.21. The fraction of sp³-hybridized carbons (Fsp3) is 0.615. The monoisotopic (exact) mass is 827 g/mol. The van der Waals surface area contributed by atoms with Crippen molar-refractivity contribution in [2.75, 3.05) is 13.1 Å². The lowest BCUT2D eigenvalue weighted by Crippen LogP contribution is -2.47. The van der Waals surface area contributed by atoms with Gasteiger partial charge in [0, 0.05) is 44.3 Å². The van der Waals surface area contributed by atoms with Gasteiger partial charge in [-0.05, 0) is 114 Å². The largest absolute Gasteiger partial charge is 0.461 e. The maximum atomic E-state index is 13.1. The molecule has 0 aromatic rings. The van der Waals surface area contributed by atoms with E-state index < -0.39 is 11.5 Å². The average Bonchev–Trinajstić information content (AvgIpc) is 3.21. The van der Waals surface area contributed by atoms with Crippen LogP contribution in [0.15, 0.2) is 96.7 Å². The SMILES string of the molecule is CC/C=C\C/C=C\C/C=C\C/C=C\C/C=C\C/C=C\CCC(=O)N1CCC(NC(=O)C[C@H](O)CC(=O)CC[C@@H]2C3C(=C[C@H](C)CC3OC(=O)C(C)(C)CC)C=C[C@@H]2C)CC1. The van der Waals surface area contributed by atoms with E-state index in [1.54, 1.807) is 0 Å². The first-order valence-electron chi connectivity index (χ1n) is 23.1. The maximum Gasteiger partial charge on any atom is 0.311 e. The molecule has 1 heterocycles. The predicted octanol–water partition coefficient (Wildman–Crippen LogP) is 10.8. The average molecular weight is 827 g/mol. The summed E-state index contributed by atoms with van der Waals surface area (Å²) in [5.41, 5.74) is 0.631. The summed E-state index contributed by atoms with van der Waals surface area (Å²) in [4.78, 5) is 53.7. The highest BCUT2D eigenvalue weighted by atomic mass is 16.5. The van der Waals surface area contributed by atoms with E-state index in [1.807, 2.05) is 25.7 Å². The lowest BCUT2D eigenvalue weighted by atomic mass is 9.65. The van der Waals surface area contributed by atoms with Gasteiger partial charge in [0.25, 0.3) is 0 Å². The highest BCUT2D eigenvalue weighted by Gasteiger charge is 2.43. The minimum atomic E-state index is -1.05. The number of amides is 2. The number of allylic oxidation sites excluding steroid dienone is 15. The summed E-state index contributed by atoms with van der Waals surface area (Å²) in [6, 6.07) is -0.0564. The number of carbonyl (C=O) groups is 4. The van der Waals surface area contributed by atoms with Gasteiger partial charge in [-0.1, -0.05) is 119 Å². The summed E-state index contributed by atoms with van der Waals surface area (Å²) < 4.78 is 6.21. The number of carbonyl (C=O) groups excluding carboxylic acids is 4. The van der Waals surface area contributed by atoms with Crippen molar-refractivity contribution in [3.05, 3.63) is 96.7 Å². The van der Waals surface area contributed by atoms with Crippen LogP contribution in [0.2, 0.25) is 0 Å². The first-order chi connectivity index (χ1) is 28.8. The fourth-order valence-corrected chi connectivity index (χ4v) is 8.21. The van der Waals surface area contributed by atoms with Gasteiger partial charge >= 0.3 is 5.97 Å². The van der Waals surface area contributed by atoms with Crippen LogP contribution in [0.5, 0.6) is 0 Å². The molecular weight excluding hydrogens is 749 g/mol. The number of fused-ring (bicyclic) bond motifs is 1.